The van der Waals surface area contributed by atoms with Gasteiger partial charge in [-0.2, -0.15) is 4.98 Å². The Labute approximate surface area is 176 Å². The number of anilines is 2. The zero-order valence-electron chi connectivity index (χ0n) is 16.8. The second kappa shape index (κ2) is 8.88. The first-order chi connectivity index (χ1) is 15.0. The molecule has 0 atom stereocenters. The molecule has 0 saturated carbocycles. The molecule has 0 spiro atoms. The molecule has 0 aliphatic carbocycles. The van der Waals surface area contributed by atoms with Crippen molar-refractivity contribution in [2.75, 3.05) is 43.6 Å². The molecule has 31 heavy (non-hydrogen) atoms. The summed E-state index contributed by atoms with van der Waals surface area (Å²) in [7, 11) is 1.29. The third-order valence-electron chi connectivity index (χ3n) is 4.76. The molecule has 1 saturated heterocycles. The van der Waals surface area contributed by atoms with E-state index in [4.69, 9.17) is 4.74 Å². The summed E-state index contributed by atoms with van der Waals surface area (Å²) in [6.07, 6.45) is 2.73. The molecular weight excluding hydrogens is 404 g/mol. The number of amides is 1. The van der Waals surface area contributed by atoms with Crippen LogP contribution < -0.4 is 15.8 Å². The first-order valence-corrected chi connectivity index (χ1v) is 9.58. The second-order valence-corrected chi connectivity index (χ2v) is 6.80. The molecule has 1 N–H and O–H groups in total. The second-order valence-electron chi connectivity index (χ2n) is 6.80. The van der Waals surface area contributed by atoms with Crippen molar-refractivity contribution in [3.8, 4) is 0 Å². The molecule has 1 fully saturated rings. The number of methoxy groups -OCH3 is 1. The van der Waals surface area contributed by atoms with Crippen LogP contribution in [-0.4, -0.2) is 64.8 Å². The standard InChI is InChI=1S/C20H20N6O5/c1-30-19(29)13-2-4-14(5-3-13)23-16(27)11-26-12-22-17-15(18(26)28)10-21-20(24-17)25-6-8-31-9-7-25/h2-5,10,12H,6-9,11H2,1H3,(H,23,27). The molecule has 0 unspecified atom stereocenters. The minimum atomic E-state index is -0.467. The molecule has 1 aliphatic heterocycles. The maximum atomic E-state index is 12.7. The molecule has 1 aromatic carbocycles. The predicted octanol–water partition coefficient (Wildman–Crippen LogP) is 0.448. The van der Waals surface area contributed by atoms with E-state index in [-0.39, 0.29) is 17.6 Å². The van der Waals surface area contributed by atoms with Crippen molar-refractivity contribution in [1.82, 2.24) is 19.5 Å². The van der Waals surface area contributed by atoms with E-state index >= 15 is 0 Å². The Hall–Kier alpha value is -3.86. The first kappa shape index (κ1) is 20.4. The Kier molecular flexibility index (Phi) is 5.85. The number of carbonyl (C=O) groups excluding carboxylic acids is 2. The van der Waals surface area contributed by atoms with Crippen LogP contribution in [0.25, 0.3) is 11.0 Å². The summed E-state index contributed by atoms with van der Waals surface area (Å²) in [6.45, 7) is 2.30. The van der Waals surface area contributed by atoms with Crippen molar-refractivity contribution in [1.29, 1.82) is 0 Å². The van der Waals surface area contributed by atoms with E-state index in [0.29, 0.717) is 43.5 Å². The van der Waals surface area contributed by atoms with E-state index in [9.17, 15) is 14.4 Å². The molecule has 4 rings (SSSR count). The summed E-state index contributed by atoms with van der Waals surface area (Å²) in [5.74, 6) is -0.390. The zero-order valence-corrected chi connectivity index (χ0v) is 16.8. The van der Waals surface area contributed by atoms with Crippen molar-refractivity contribution in [2.24, 2.45) is 0 Å². The predicted molar refractivity (Wildman–Crippen MR) is 111 cm³/mol. The van der Waals surface area contributed by atoms with Crippen molar-refractivity contribution >= 4 is 34.5 Å². The number of esters is 1. The van der Waals surface area contributed by atoms with Gasteiger partial charge in [-0.05, 0) is 24.3 Å². The van der Waals surface area contributed by atoms with Gasteiger partial charge in [-0.1, -0.05) is 0 Å². The lowest BCUT2D eigenvalue weighted by Gasteiger charge is -2.26. The number of carbonyl (C=O) groups is 2. The third-order valence-corrected chi connectivity index (χ3v) is 4.76. The van der Waals surface area contributed by atoms with Gasteiger partial charge in [0.1, 0.15) is 18.3 Å². The van der Waals surface area contributed by atoms with Gasteiger partial charge in [0.05, 0.1) is 25.9 Å². The third kappa shape index (κ3) is 4.51. The van der Waals surface area contributed by atoms with Crippen molar-refractivity contribution < 1.29 is 19.1 Å². The van der Waals surface area contributed by atoms with Crippen LogP contribution in [0.2, 0.25) is 0 Å². The highest BCUT2D eigenvalue weighted by atomic mass is 16.5. The van der Waals surface area contributed by atoms with E-state index in [1.165, 1.54) is 36.3 Å². The van der Waals surface area contributed by atoms with Crippen molar-refractivity contribution in [3.63, 3.8) is 0 Å². The number of ether oxygens (including phenoxy) is 2. The van der Waals surface area contributed by atoms with Crippen LogP contribution in [0.1, 0.15) is 10.4 Å². The lowest BCUT2D eigenvalue weighted by molar-refractivity contribution is -0.116. The number of nitrogens with one attached hydrogen (secondary N) is 1. The highest BCUT2D eigenvalue weighted by Gasteiger charge is 2.16. The molecule has 3 aromatic rings. The molecule has 1 amide bonds. The van der Waals surface area contributed by atoms with E-state index in [1.54, 1.807) is 12.1 Å². The fourth-order valence-corrected chi connectivity index (χ4v) is 3.14. The number of morpholine rings is 1. The van der Waals surface area contributed by atoms with Crippen LogP contribution in [0, 0.1) is 0 Å². The Morgan fingerprint density at radius 2 is 1.90 bits per heavy atom. The topological polar surface area (TPSA) is 129 Å². The average molecular weight is 424 g/mol. The van der Waals surface area contributed by atoms with Gasteiger partial charge in [-0.15, -0.1) is 0 Å². The highest BCUT2D eigenvalue weighted by Crippen LogP contribution is 2.13. The van der Waals surface area contributed by atoms with Gasteiger partial charge in [0, 0.05) is 25.0 Å². The van der Waals surface area contributed by atoms with Crippen molar-refractivity contribution in [2.45, 2.75) is 6.54 Å². The van der Waals surface area contributed by atoms with Gasteiger partial charge >= 0.3 is 5.97 Å². The maximum Gasteiger partial charge on any atom is 0.337 e. The van der Waals surface area contributed by atoms with Crippen LogP contribution in [0.3, 0.4) is 0 Å². The molecule has 160 valence electrons. The number of benzene rings is 1. The van der Waals surface area contributed by atoms with Gasteiger partial charge in [0.2, 0.25) is 11.9 Å². The summed E-state index contributed by atoms with van der Waals surface area (Å²) in [4.78, 5) is 51.4. The monoisotopic (exact) mass is 424 g/mol. The number of nitrogens with zero attached hydrogens (tertiary/aromatic N) is 5. The molecule has 0 radical (unpaired) electrons. The summed E-state index contributed by atoms with van der Waals surface area (Å²) >= 11 is 0. The number of fused-ring (bicyclic) bond motifs is 1. The molecule has 0 bridgehead atoms. The Balaban J connectivity index is 1.47. The van der Waals surface area contributed by atoms with Gasteiger partial charge in [-0.25, -0.2) is 14.8 Å². The summed E-state index contributed by atoms with van der Waals surface area (Å²) < 4.78 is 11.1. The molecule has 2 aromatic heterocycles. The number of hydrogen-bond acceptors (Lipinski definition) is 9. The minimum Gasteiger partial charge on any atom is -0.465 e. The quantitative estimate of drug-likeness (QED) is 0.580. The van der Waals surface area contributed by atoms with E-state index in [1.807, 2.05) is 4.90 Å². The molecular formula is C20H20N6O5. The zero-order chi connectivity index (χ0) is 21.8. The maximum absolute atomic E-state index is 12.7. The fraction of sp³-hybridized carbons (Fsp3) is 0.300. The SMILES string of the molecule is COC(=O)c1ccc(NC(=O)Cn2cnc3nc(N4CCOCC4)ncc3c2=O)cc1. The Morgan fingerprint density at radius 1 is 1.16 bits per heavy atom. The number of rotatable bonds is 5. The largest absolute Gasteiger partial charge is 0.465 e. The summed E-state index contributed by atoms with van der Waals surface area (Å²) in [5, 5.41) is 2.90. The Bertz CT molecular complexity index is 1170. The van der Waals surface area contributed by atoms with E-state index in [2.05, 4.69) is 25.0 Å². The van der Waals surface area contributed by atoms with Crippen LogP contribution in [0.5, 0.6) is 0 Å². The number of aromatic nitrogens is 4. The van der Waals surface area contributed by atoms with Crippen LogP contribution >= 0.6 is 0 Å². The minimum absolute atomic E-state index is 0.230. The number of hydrogen-bond donors (Lipinski definition) is 1. The van der Waals surface area contributed by atoms with Crippen LogP contribution in [0.4, 0.5) is 11.6 Å². The molecule has 11 heteroatoms. The lowest BCUT2D eigenvalue weighted by Crippen LogP contribution is -2.37. The van der Waals surface area contributed by atoms with Crippen LogP contribution in [0.15, 0.2) is 41.6 Å². The fourth-order valence-electron chi connectivity index (χ4n) is 3.14. The first-order valence-electron chi connectivity index (χ1n) is 9.58. The molecule has 1 aliphatic rings. The summed E-state index contributed by atoms with van der Waals surface area (Å²) in [6, 6.07) is 6.22. The van der Waals surface area contributed by atoms with Crippen LogP contribution in [-0.2, 0) is 20.8 Å². The normalized spacial score (nSPS) is 13.8. The van der Waals surface area contributed by atoms with E-state index < -0.39 is 17.4 Å². The van der Waals surface area contributed by atoms with Gasteiger partial charge in [-0.3, -0.25) is 14.2 Å². The van der Waals surface area contributed by atoms with Gasteiger partial charge in [0.15, 0.2) is 5.65 Å². The average Bonchev–Trinajstić information content (AvgIpc) is 2.81. The van der Waals surface area contributed by atoms with Gasteiger partial charge < -0.3 is 19.7 Å². The smallest absolute Gasteiger partial charge is 0.337 e. The van der Waals surface area contributed by atoms with Crippen molar-refractivity contribution in [3.05, 3.63) is 52.7 Å². The lowest BCUT2D eigenvalue weighted by atomic mass is 10.2. The Morgan fingerprint density at radius 3 is 2.61 bits per heavy atom. The molecule has 11 nitrogen and oxygen atoms in total. The molecule has 3 heterocycles. The van der Waals surface area contributed by atoms with E-state index in [0.717, 1.165) is 0 Å². The highest BCUT2D eigenvalue weighted by molar-refractivity contribution is 5.93. The van der Waals surface area contributed by atoms with Gasteiger partial charge in [0.25, 0.3) is 5.56 Å². The summed E-state index contributed by atoms with van der Waals surface area (Å²) in [5.41, 5.74) is 0.719.